The van der Waals surface area contributed by atoms with Gasteiger partial charge in [-0.25, -0.2) is 0 Å². The maximum absolute atomic E-state index is 9.58. The molecule has 8 heavy (non-hydrogen) atoms. The average Bonchev–Trinajstić information content (AvgIpc) is 1.67. The van der Waals surface area contributed by atoms with Crippen LogP contribution < -0.4 is 0 Å². The van der Waals surface area contributed by atoms with Gasteiger partial charge in [0, 0.05) is 7.05 Å². The summed E-state index contributed by atoms with van der Waals surface area (Å²) in [6.07, 6.45) is 0.875. The molecular formula is C3H5N3O2. The van der Waals surface area contributed by atoms with E-state index >= 15 is 0 Å². The fourth-order valence-electron chi connectivity index (χ4n) is 0.169. The molecule has 0 rings (SSSR count). The standard InChI is InChI=1S/C3H5N3O2/c1-5-2-3(4)6(7)8/h2,4H,1H3. The van der Waals surface area contributed by atoms with Crippen LogP contribution >= 0.6 is 0 Å². The SMILES string of the molecule is CN=CC(=N)[N+](=O)[O-]. The highest BCUT2D eigenvalue weighted by Gasteiger charge is 1.98. The minimum atomic E-state index is -0.812. The van der Waals surface area contributed by atoms with Gasteiger partial charge in [0.2, 0.25) is 0 Å². The van der Waals surface area contributed by atoms with Gasteiger partial charge in [0.25, 0.3) is 0 Å². The zero-order valence-electron chi connectivity index (χ0n) is 4.29. The monoisotopic (exact) mass is 115 g/mol. The van der Waals surface area contributed by atoms with E-state index in [0.29, 0.717) is 0 Å². The summed E-state index contributed by atoms with van der Waals surface area (Å²) in [6, 6.07) is 0. The molecule has 0 bridgehead atoms. The molecule has 1 N–H and O–H groups in total. The van der Waals surface area contributed by atoms with Gasteiger partial charge in [-0.1, -0.05) is 5.41 Å². The molecule has 0 atom stereocenters. The van der Waals surface area contributed by atoms with Gasteiger partial charge in [0.15, 0.2) is 0 Å². The lowest BCUT2D eigenvalue weighted by atomic mass is 10.7. The Morgan fingerprint density at radius 3 is 2.62 bits per heavy atom. The highest BCUT2D eigenvalue weighted by molar-refractivity contribution is 6.23. The largest absolute Gasteiger partial charge is 0.373 e. The smallest absolute Gasteiger partial charge is 0.358 e. The molecule has 0 heterocycles. The summed E-state index contributed by atoms with van der Waals surface area (Å²) in [5.74, 6) is -0.687. The summed E-state index contributed by atoms with van der Waals surface area (Å²) in [4.78, 5) is 12.0. The van der Waals surface area contributed by atoms with Crippen molar-refractivity contribution >= 4 is 12.1 Å². The number of hydrogen-bond acceptors (Lipinski definition) is 4. The maximum Gasteiger partial charge on any atom is 0.373 e. The number of nitrogens with one attached hydrogen (secondary N) is 1. The van der Waals surface area contributed by atoms with E-state index in [9.17, 15) is 10.1 Å². The van der Waals surface area contributed by atoms with Crippen LogP contribution in [0.15, 0.2) is 4.99 Å². The molecule has 5 nitrogen and oxygen atoms in total. The minimum absolute atomic E-state index is 0.687. The number of rotatable bonds is 1. The Morgan fingerprint density at radius 1 is 2.00 bits per heavy atom. The molecule has 0 spiro atoms. The third-order valence-corrected chi connectivity index (χ3v) is 0.448. The van der Waals surface area contributed by atoms with Gasteiger partial charge < -0.3 is 10.1 Å². The molecule has 44 valence electrons. The first-order valence-electron chi connectivity index (χ1n) is 1.83. The molecule has 0 saturated heterocycles. The molecule has 0 radical (unpaired) electrons. The van der Waals surface area contributed by atoms with Gasteiger partial charge >= 0.3 is 5.84 Å². The first-order chi connectivity index (χ1) is 3.68. The van der Waals surface area contributed by atoms with Crippen LogP contribution in [0.25, 0.3) is 0 Å². The van der Waals surface area contributed by atoms with Gasteiger partial charge in [0.05, 0.1) is 0 Å². The fraction of sp³-hybridized carbons (Fsp3) is 0.333. The zero-order chi connectivity index (χ0) is 6.57. The van der Waals surface area contributed by atoms with Crippen LogP contribution in [0.3, 0.4) is 0 Å². The number of nitrogens with zero attached hydrogens (tertiary/aromatic N) is 2. The van der Waals surface area contributed by atoms with E-state index in [1.54, 1.807) is 0 Å². The van der Waals surface area contributed by atoms with Crippen LogP contribution in [0.5, 0.6) is 0 Å². The van der Waals surface area contributed by atoms with Crippen LogP contribution in [0.1, 0.15) is 0 Å². The van der Waals surface area contributed by atoms with Crippen LogP contribution in [0, 0.1) is 15.5 Å². The van der Waals surface area contributed by atoms with Crippen molar-refractivity contribution in [2.75, 3.05) is 7.05 Å². The number of aliphatic imine (C=N–C) groups is 1. The molecular weight excluding hydrogens is 110 g/mol. The van der Waals surface area contributed by atoms with Crippen molar-refractivity contribution < 1.29 is 4.92 Å². The fourth-order valence-corrected chi connectivity index (χ4v) is 0.169. The van der Waals surface area contributed by atoms with E-state index < -0.39 is 10.8 Å². The first-order valence-corrected chi connectivity index (χ1v) is 1.83. The molecule has 0 fully saturated rings. The molecule has 0 aliphatic heterocycles. The summed E-state index contributed by atoms with van der Waals surface area (Å²) in [6.45, 7) is 0. The lowest BCUT2D eigenvalue weighted by Crippen LogP contribution is -2.10. The molecule has 0 aliphatic rings. The van der Waals surface area contributed by atoms with Crippen LogP contribution in [0.4, 0.5) is 0 Å². The summed E-state index contributed by atoms with van der Waals surface area (Å²) in [5.41, 5.74) is 0. The van der Waals surface area contributed by atoms with E-state index in [0.717, 1.165) is 6.21 Å². The number of nitro groups is 1. The van der Waals surface area contributed by atoms with Gasteiger partial charge in [-0.3, -0.25) is 4.99 Å². The van der Waals surface area contributed by atoms with Crippen molar-refractivity contribution in [1.29, 1.82) is 5.41 Å². The van der Waals surface area contributed by atoms with Crippen LogP contribution in [0.2, 0.25) is 0 Å². The van der Waals surface area contributed by atoms with E-state index in [1.807, 2.05) is 0 Å². The van der Waals surface area contributed by atoms with E-state index in [1.165, 1.54) is 7.05 Å². The van der Waals surface area contributed by atoms with E-state index in [2.05, 4.69) is 4.99 Å². The topological polar surface area (TPSA) is 79.3 Å². The van der Waals surface area contributed by atoms with E-state index in [4.69, 9.17) is 5.41 Å². The Kier molecular flexibility index (Phi) is 2.39. The van der Waals surface area contributed by atoms with Crippen molar-refractivity contribution in [1.82, 2.24) is 0 Å². The van der Waals surface area contributed by atoms with Crippen LogP contribution in [-0.4, -0.2) is 24.0 Å². The summed E-state index contributed by atoms with van der Waals surface area (Å²) in [7, 11) is 1.37. The van der Waals surface area contributed by atoms with Crippen molar-refractivity contribution in [3.05, 3.63) is 10.1 Å². The van der Waals surface area contributed by atoms with Gasteiger partial charge in [-0.15, -0.1) is 0 Å². The van der Waals surface area contributed by atoms with Gasteiger partial charge in [0.1, 0.15) is 6.21 Å². The van der Waals surface area contributed by atoms with Crippen molar-refractivity contribution in [3.8, 4) is 0 Å². The van der Waals surface area contributed by atoms with Crippen LogP contribution in [-0.2, 0) is 0 Å². The lowest BCUT2D eigenvalue weighted by Gasteiger charge is -1.84. The normalized spacial score (nSPS) is 9.62. The predicted molar refractivity (Wildman–Crippen MR) is 29.1 cm³/mol. The Bertz CT molecular complexity index is 139. The summed E-state index contributed by atoms with van der Waals surface area (Å²) in [5, 5.41) is 16.1. The Labute approximate surface area is 45.7 Å². The highest BCUT2D eigenvalue weighted by atomic mass is 16.6. The molecule has 0 aliphatic carbocycles. The second-order valence-corrected chi connectivity index (χ2v) is 1.03. The molecule has 0 unspecified atom stereocenters. The zero-order valence-corrected chi connectivity index (χ0v) is 4.29. The first kappa shape index (κ1) is 6.74. The second-order valence-electron chi connectivity index (χ2n) is 1.03. The molecule has 0 aromatic carbocycles. The summed E-state index contributed by atoms with van der Waals surface area (Å²) >= 11 is 0. The molecule has 0 aromatic heterocycles. The molecule has 0 amide bonds. The predicted octanol–water partition coefficient (Wildman–Crippen LogP) is -0.0590. The maximum atomic E-state index is 9.58. The number of hydrogen-bond donors (Lipinski definition) is 1. The molecule has 5 heteroatoms. The second kappa shape index (κ2) is 2.84. The van der Waals surface area contributed by atoms with Crippen molar-refractivity contribution in [2.45, 2.75) is 0 Å². The third-order valence-electron chi connectivity index (χ3n) is 0.448. The van der Waals surface area contributed by atoms with Gasteiger partial charge in [-0.2, -0.15) is 0 Å². The lowest BCUT2D eigenvalue weighted by molar-refractivity contribution is -0.346. The molecule has 0 saturated carbocycles. The van der Waals surface area contributed by atoms with Crippen molar-refractivity contribution in [2.24, 2.45) is 4.99 Å². The van der Waals surface area contributed by atoms with E-state index in [-0.39, 0.29) is 0 Å². The average molecular weight is 115 g/mol. The van der Waals surface area contributed by atoms with Crippen molar-refractivity contribution in [3.63, 3.8) is 0 Å². The third kappa shape index (κ3) is 2.01. The Morgan fingerprint density at radius 2 is 2.50 bits per heavy atom. The summed E-state index contributed by atoms with van der Waals surface area (Å²) < 4.78 is 0. The van der Waals surface area contributed by atoms with Gasteiger partial charge in [-0.05, 0) is 4.92 Å². The minimum Gasteiger partial charge on any atom is -0.358 e. The quantitative estimate of drug-likeness (QED) is 0.225. The highest BCUT2D eigenvalue weighted by Crippen LogP contribution is 1.67. The molecule has 0 aromatic rings. The Hall–Kier alpha value is -1.26. The number of amidine groups is 1. The Balaban J connectivity index is 3.85.